The molecule has 0 aliphatic heterocycles. The highest BCUT2D eigenvalue weighted by atomic mass is 79.9. The van der Waals surface area contributed by atoms with Gasteiger partial charge >= 0.3 is 0 Å². The van der Waals surface area contributed by atoms with Gasteiger partial charge in [0, 0.05) is 9.65 Å². The van der Waals surface area contributed by atoms with Gasteiger partial charge in [-0.25, -0.2) is 0 Å². The summed E-state index contributed by atoms with van der Waals surface area (Å²) in [5.74, 6) is 0. The average Bonchev–Trinajstić information content (AvgIpc) is 2.10. The van der Waals surface area contributed by atoms with Gasteiger partial charge in [-0.2, -0.15) is 0 Å². The normalized spacial score (nSPS) is 16.0. The molecule has 2 atom stereocenters. The predicted octanol–water partition coefficient (Wildman–Crippen LogP) is 4.89. The van der Waals surface area contributed by atoms with Crippen LogP contribution in [0.2, 0.25) is 0 Å². The molecule has 0 spiro atoms. The van der Waals surface area contributed by atoms with Gasteiger partial charge in [0.15, 0.2) is 0 Å². The van der Waals surface area contributed by atoms with E-state index in [1.807, 2.05) is 0 Å². The fourth-order valence-electron chi connectivity index (χ4n) is 1.16. The van der Waals surface area contributed by atoms with Crippen LogP contribution in [-0.2, 0) is 0 Å². The lowest BCUT2D eigenvalue weighted by atomic mass is 10.1. The van der Waals surface area contributed by atoms with Crippen LogP contribution in [-0.4, -0.2) is 9.65 Å². The van der Waals surface area contributed by atoms with E-state index in [0.29, 0.717) is 9.65 Å². The maximum absolute atomic E-state index is 3.73. The van der Waals surface area contributed by atoms with Crippen molar-refractivity contribution in [2.45, 2.75) is 62.0 Å². The first kappa shape index (κ1) is 13.0. The second-order valence-corrected chi connectivity index (χ2v) is 5.67. The molecule has 0 aromatic rings. The molecule has 0 aromatic heterocycles. The molecule has 12 heavy (non-hydrogen) atoms. The molecule has 2 heteroatoms. The third kappa shape index (κ3) is 6.47. The summed E-state index contributed by atoms with van der Waals surface area (Å²) in [6.07, 6.45) is 7.88. The van der Waals surface area contributed by atoms with E-state index in [4.69, 9.17) is 0 Å². The quantitative estimate of drug-likeness (QED) is 0.587. The largest absolute Gasteiger partial charge is 0.0879 e. The van der Waals surface area contributed by atoms with Gasteiger partial charge in [0.1, 0.15) is 0 Å². The van der Waals surface area contributed by atoms with Crippen molar-refractivity contribution < 1.29 is 0 Å². The number of rotatable bonds is 7. The van der Waals surface area contributed by atoms with E-state index in [1.165, 1.54) is 38.5 Å². The maximum Gasteiger partial charge on any atom is 0.0271 e. The first-order valence-corrected chi connectivity index (χ1v) is 6.83. The molecule has 0 fully saturated rings. The van der Waals surface area contributed by atoms with E-state index in [1.54, 1.807) is 0 Å². The SMILES string of the molecule is CCCCC(Br)C(Br)CCCC. The Morgan fingerprint density at radius 1 is 0.833 bits per heavy atom. The number of alkyl halides is 2. The Bertz CT molecular complexity index is 81.8. The summed E-state index contributed by atoms with van der Waals surface area (Å²) in [4.78, 5) is 1.34. The van der Waals surface area contributed by atoms with Crippen LogP contribution < -0.4 is 0 Å². The fraction of sp³-hybridized carbons (Fsp3) is 1.00. The molecule has 0 heterocycles. The van der Waals surface area contributed by atoms with Crippen LogP contribution in [0.1, 0.15) is 52.4 Å². The minimum absolute atomic E-state index is 0.670. The summed E-state index contributed by atoms with van der Waals surface area (Å²) in [5, 5.41) is 0. The number of hydrogen-bond acceptors (Lipinski definition) is 0. The molecular weight excluding hydrogens is 280 g/mol. The summed E-state index contributed by atoms with van der Waals surface area (Å²) in [5.41, 5.74) is 0. The van der Waals surface area contributed by atoms with Gasteiger partial charge in [0.25, 0.3) is 0 Å². The van der Waals surface area contributed by atoms with E-state index in [2.05, 4.69) is 45.7 Å². The fourth-order valence-corrected chi connectivity index (χ4v) is 2.34. The lowest BCUT2D eigenvalue weighted by Gasteiger charge is -2.15. The van der Waals surface area contributed by atoms with Crippen LogP contribution in [0.4, 0.5) is 0 Å². The van der Waals surface area contributed by atoms with Crippen LogP contribution in [0.15, 0.2) is 0 Å². The van der Waals surface area contributed by atoms with Crippen LogP contribution in [0.25, 0.3) is 0 Å². The summed E-state index contributed by atoms with van der Waals surface area (Å²) in [6, 6.07) is 0. The van der Waals surface area contributed by atoms with Crippen LogP contribution in [0.3, 0.4) is 0 Å². The third-order valence-corrected chi connectivity index (χ3v) is 4.96. The molecule has 0 saturated heterocycles. The van der Waals surface area contributed by atoms with Crippen molar-refractivity contribution in [3.05, 3.63) is 0 Å². The molecule has 0 amide bonds. The van der Waals surface area contributed by atoms with Crippen molar-refractivity contribution in [3.63, 3.8) is 0 Å². The highest BCUT2D eigenvalue weighted by molar-refractivity contribution is 9.12. The predicted molar refractivity (Wildman–Crippen MR) is 64.5 cm³/mol. The Morgan fingerprint density at radius 3 is 1.42 bits per heavy atom. The molecule has 0 aliphatic carbocycles. The minimum Gasteiger partial charge on any atom is -0.0879 e. The minimum atomic E-state index is 0.670. The van der Waals surface area contributed by atoms with Gasteiger partial charge in [0.05, 0.1) is 0 Å². The molecule has 0 bridgehead atoms. The molecule has 0 N–H and O–H groups in total. The molecule has 0 rings (SSSR count). The van der Waals surface area contributed by atoms with Crippen molar-refractivity contribution in [3.8, 4) is 0 Å². The zero-order valence-corrected chi connectivity index (χ0v) is 11.3. The van der Waals surface area contributed by atoms with E-state index < -0.39 is 0 Å². The van der Waals surface area contributed by atoms with Gasteiger partial charge in [-0.3, -0.25) is 0 Å². The lowest BCUT2D eigenvalue weighted by molar-refractivity contribution is 0.621. The standard InChI is InChI=1S/C10H20Br2/c1-3-5-7-9(11)10(12)8-6-4-2/h9-10H,3-8H2,1-2H3. The third-order valence-electron chi connectivity index (χ3n) is 2.06. The van der Waals surface area contributed by atoms with Crippen LogP contribution in [0, 0.1) is 0 Å². The number of hydrogen-bond donors (Lipinski definition) is 0. The molecule has 74 valence electrons. The van der Waals surface area contributed by atoms with Gasteiger partial charge in [-0.15, -0.1) is 0 Å². The summed E-state index contributed by atoms with van der Waals surface area (Å²) >= 11 is 7.46. The molecule has 0 radical (unpaired) electrons. The Kier molecular flexibility index (Phi) is 9.24. The van der Waals surface area contributed by atoms with Crippen molar-refractivity contribution in [1.82, 2.24) is 0 Å². The molecule has 0 aliphatic rings. The second kappa shape index (κ2) is 8.55. The summed E-state index contributed by atoms with van der Waals surface area (Å²) in [6.45, 7) is 4.49. The topological polar surface area (TPSA) is 0 Å². The van der Waals surface area contributed by atoms with Gasteiger partial charge in [0.2, 0.25) is 0 Å². The molecule has 2 unspecified atom stereocenters. The number of unbranched alkanes of at least 4 members (excludes halogenated alkanes) is 2. The second-order valence-electron chi connectivity index (χ2n) is 3.32. The lowest BCUT2D eigenvalue weighted by Crippen LogP contribution is -2.13. The molecular formula is C10H20Br2. The van der Waals surface area contributed by atoms with Crippen LogP contribution >= 0.6 is 31.9 Å². The van der Waals surface area contributed by atoms with Crippen molar-refractivity contribution in [2.75, 3.05) is 0 Å². The first-order valence-electron chi connectivity index (χ1n) is 5.00. The first-order chi connectivity index (χ1) is 5.72. The maximum atomic E-state index is 3.73. The molecule has 0 aromatic carbocycles. The zero-order valence-electron chi connectivity index (χ0n) is 8.15. The summed E-state index contributed by atoms with van der Waals surface area (Å²) in [7, 11) is 0. The van der Waals surface area contributed by atoms with Gasteiger partial charge < -0.3 is 0 Å². The number of halogens is 2. The molecule has 0 saturated carbocycles. The highest BCUT2D eigenvalue weighted by Crippen LogP contribution is 2.24. The van der Waals surface area contributed by atoms with Crippen LogP contribution in [0.5, 0.6) is 0 Å². The Hall–Kier alpha value is 0.960. The van der Waals surface area contributed by atoms with Crippen molar-refractivity contribution in [2.24, 2.45) is 0 Å². The Labute approximate surface area is 93.8 Å². The van der Waals surface area contributed by atoms with Crippen molar-refractivity contribution >= 4 is 31.9 Å². The molecule has 0 nitrogen and oxygen atoms in total. The van der Waals surface area contributed by atoms with E-state index in [0.717, 1.165) is 0 Å². The van der Waals surface area contributed by atoms with Gasteiger partial charge in [-0.05, 0) is 12.8 Å². The highest BCUT2D eigenvalue weighted by Gasteiger charge is 2.13. The van der Waals surface area contributed by atoms with Crippen molar-refractivity contribution in [1.29, 1.82) is 0 Å². The zero-order chi connectivity index (χ0) is 9.40. The summed E-state index contributed by atoms with van der Waals surface area (Å²) < 4.78 is 0. The van der Waals surface area contributed by atoms with E-state index in [-0.39, 0.29) is 0 Å². The average molecular weight is 300 g/mol. The van der Waals surface area contributed by atoms with E-state index >= 15 is 0 Å². The van der Waals surface area contributed by atoms with Gasteiger partial charge in [-0.1, -0.05) is 71.4 Å². The monoisotopic (exact) mass is 298 g/mol. The van der Waals surface area contributed by atoms with E-state index in [9.17, 15) is 0 Å². The Balaban J connectivity index is 3.39. The smallest absolute Gasteiger partial charge is 0.0271 e. The Morgan fingerprint density at radius 2 is 1.17 bits per heavy atom.